The Labute approximate surface area is 121 Å². The van der Waals surface area contributed by atoms with Gasteiger partial charge in [0.15, 0.2) is 0 Å². The third-order valence-corrected chi connectivity index (χ3v) is 4.48. The summed E-state index contributed by atoms with van der Waals surface area (Å²) in [5.41, 5.74) is 2.38. The lowest BCUT2D eigenvalue weighted by Crippen LogP contribution is -2.46. The van der Waals surface area contributed by atoms with Gasteiger partial charge in [-0.05, 0) is 44.2 Å². The van der Waals surface area contributed by atoms with Crippen LogP contribution in [-0.4, -0.2) is 48.3 Å². The molecular weight excluding hydrogens is 250 g/mol. The molecule has 2 fully saturated rings. The van der Waals surface area contributed by atoms with Gasteiger partial charge in [0.05, 0.1) is 5.69 Å². The van der Waals surface area contributed by atoms with E-state index < -0.39 is 0 Å². The van der Waals surface area contributed by atoms with Gasteiger partial charge in [0.25, 0.3) is 0 Å². The highest BCUT2D eigenvalue weighted by Crippen LogP contribution is 2.22. The number of hydrogen-bond acceptors (Lipinski definition) is 4. The number of rotatable bonds is 3. The van der Waals surface area contributed by atoms with Crippen LogP contribution in [0, 0.1) is 6.92 Å². The third kappa shape index (κ3) is 3.49. The van der Waals surface area contributed by atoms with Gasteiger partial charge >= 0.3 is 0 Å². The molecule has 0 bridgehead atoms. The number of ether oxygens (including phenoxy) is 1. The number of nitrogens with zero attached hydrogens (tertiary/aromatic N) is 2. The zero-order valence-corrected chi connectivity index (χ0v) is 12.3. The molecule has 3 heterocycles. The van der Waals surface area contributed by atoms with Crippen molar-refractivity contribution in [1.29, 1.82) is 0 Å². The molecular formula is C16H25N3O. The second kappa shape index (κ2) is 6.55. The molecule has 0 unspecified atom stereocenters. The summed E-state index contributed by atoms with van der Waals surface area (Å²) in [4.78, 5) is 6.91. The molecule has 20 heavy (non-hydrogen) atoms. The number of nitrogens with one attached hydrogen (secondary N) is 1. The van der Waals surface area contributed by atoms with Crippen LogP contribution in [0.3, 0.4) is 0 Å². The Bertz CT molecular complexity index is 423. The monoisotopic (exact) mass is 275 g/mol. The highest BCUT2D eigenvalue weighted by atomic mass is 16.5. The van der Waals surface area contributed by atoms with Crippen LogP contribution in [0.5, 0.6) is 0 Å². The maximum Gasteiger partial charge on any atom is 0.0531 e. The van der Waals surface area contributed by atoms with Crippen molar-refractivity contribution in [3.8, 4) is 0 Å². The Kier molecular flexibility index (Phi) is 4.53. The fourth-order valence-electron chi connectivity index (χ4n) is 3.33. The summed E-state index contributed by atoms with van der Waals surface area (Å²) < 4.78 is 5.46. The van der Waals surface area contributed by atoms with Crippen LogP contribution >= 0.6 is 0 Å². The number of aryl methyl sites for hydroxylation is 1. The smallest absolute Gasteiger partial charge is 0.0531 e. The first kappa shape index (κ1) is 13.8. The molecule has 4 nitrogen and oxygen atoms in total. The van der Waals surface area contributed by atoms with E-state index in [2.05, 4.69) is 28.2 Å². The van der Waals surface area contributed by atoms with Gasteiger partial charge in [-0.2, -0.15) is 0 Å². The van der Waals surface area contributed by atoms with Crippen LogP contribution in [0.4, 0.5) is 5.69 Å². The molecule has 0 amide bonds. The number of piperidine rings is 1. The Hall–Kier alpha value is -1.13. The predicted molar refractivity (Wildman–Crippen MR) is 81.0 cm³/mol. The van der Waals surface area contributed by atoms with E-state index in [-0.39, 0.29) is 0 Å². The van der Waals surface area contributed by atoms with E-state index in [1.807, 2.05) is 12.4 Å². The number of anilines is 1. The van der Waals surface area contributed by atoms with Crippen LogP contribution < -0.4 is 5.32 Å². The minimum atomic E-state index is 0.592. The molecule has 0 radical (unpaired) electrons. The SMILES string of the molecule is Cc1cncc(NC2CCN(C3CCOCC3)CC2)c1. The molecule has 110 valence electrons. The zero-order chi connectivity index (χ0) is 13.8. The molecule has 2 aliphatic rings. The average molecular weight is 275 g/mol. The Morgan fingerprint density at radius 3 is 2.60 bits per heavy atom. The van der Waals surface area contributed by atoms with E-state index in [9.17, 15) is 0 Å². The molecule has 0 spiro atoms. The molecule has 0 aliphatic carbocycles. The molecule has 1 aromatic rings. The van der Waals surface area contributed by atoms with Crippen molar-refractivity contribution < 1.29 is 4.74 Å². The van der Waals surface area contributed by atoms with Crippen molar-refractivity contribution in [3.63, 3.8) is 0 Å². The summed E-state index contributed by atoms with van der Waals surface area (Å²) in [6.45, 7) is 6.39. The molecule has 1 N–H and O–H groups in total. The highest BCUT2D eigenvalue weighted by molar-refractivity contribution is 5.43. The van der Waals surface area contributed by atoms with Crippen LogP contribution in [0.15, 0.2) is 18.5 Å². The maximum absolute atomic E-state index is 5.46. The molecule has 0 saturated carbocycles. The lowest BCUT2D eigenvalue weighted by atomic mass is 9.99. The molecule has 0 aromatic carbocycles. The van der Waals surface area contributed by atoms with Crippen LogP contribution in [0.2, 0.25) is 0 Å². The fraction of sp³-hybridized carbons (Fsp3) is 0.688. The largest absolute Gasteiger partial charge is 0.381 e. The second-order valence-corrected chi connectivity index (χ2v) is 6.05. The summed E-state index contributed by atoms with van der Waals surface area (Å²) in [5.74, 6) is 0. The van der Waals surface area contributed by atoms with E-state index in [1.54, 1.807) is 0 Å². The van der Waals surface area contributed by atoms with Gasteiger partial charge in [0.1, 0.15) is 0 Å². The summed E-state index contributed by atoms with van der Waals surface area (Å²) >= 11 is 0. The number of hydrogen-bond donors (Lipinski definition) is 1. The van der Waals surface area contributed by atoms with Gasteiger partial charge in [0, 0.05) is 50.8 Å². The number of pyridine rings is 1. The van der Waals surface area contributed by atoms with E-state index in [4.69, 9.17) is 4.74 Å². The minimum Gasteiger partial charge on any atom is -0.381 e. The van der Waals surface area contributed by atoms with E-state index in [0.29, 0.717) is 6.04 Å². The van der Waals surface area contributed by atoms with Gasteiger partial charge in [0.2, 0.25) is 0 Å². The quantitative estimate of drug-likeness (QED) is 0.919. The zero-order valence-electron chi connectivity index (χ0n) is 12.3. The highest BCUT2D eigenvalue weighted by Gasteiger charge is 2.26. The summed E-state index contributed by atoms with van der Waals surface area (Å²) in [6, 6.07) is 3.53. The topological polar surface area (TPSA) is 37.4 Å². The fourth-order valence-corrected chi connectivity index (χ4v) is 3.33. The molecule has 4 heteroatoms. The molecule has 1 aromatic heterocycles. The molecule has 2 saturated heterocycles. The van der Waals surface area contributed by atoms with Crippen LogP contribution in [0.1, 0.15) is 31.2 Å². The summed E-state index contributed by atoms with van der Waals surface area (Å²) in [7, 11) is 0. The minimum absolute atomic E-state index is 0.592. The van der Waals surface area contributed by atoms with Gasteiger partial charge in [-0.25, -0.2) is 0 Å². The predicted octanol–water partition coefficient (Wildman–Crippen LogP) is 2.45. The van der Waals surface area contributed by atoms with Crippen molar-refractivity contribution in [2.75, 3.05) is 31.6 Å². The number of aromatic nitrogens is 1. The van der Waals surface area contributed by atoms with Crippen LogP contribution in [-0.2, 0) is 4.74 Å². The standard InChI is InChI=1S/C16H25N3O/c1-13-10-15(12-17-11-13)18-14-2-6-19(7-3-14)16-4-8-20-9-5-16/h10-12,14,16,18H,2-9H2,1H3. The van der Waals surface area contributed by atoms with Crippen molar-refractivity contribution in [1.82, 2.24) is 9.88 Å². The second-order valence-electron chi connectivity index (χ2n) is 6.05. The van der Waals surface area contributed by atoms with E-state index >= 15 is 0 Å². The Balaban J connectivity index is 1.48. The Morgan fingerprint density at radius 1 is 1.15 bits per heavy atom. The van der Waals surface area contributed by atoms with Crippen molar-refractivity contribution in [3.05, 3.63) is 24.0 Å². The first-order chi connectivity index (χ1) is 9.81. The first-order valence-electron chi connectivity index (χ1n) is 7.81. The number of likely N-dealkylation sites (tertiary alicyclic amines) is 1. The lowest BCUT2D eigenvalue weighted by molar-refractivity contribution is 0.0262. The summed E-state index contributed by atoms with van der Waals surface area (Å²) in [6.07, 6.45) is 8.70. The van der Waals surface area contributed by atoms with Crippen LogP contribution in [0.25, 0.3) is 0 Å². The lowest BCUT2D eigenvalue weighted by Gasteiger charge is -2.39. The Morgan fingerprint density at radius 2 is 1.90 bits per heavy atom. The van der Waals surface area contributed by atoms with Gasteiger partial charge in [-0.15, -0.1) is 0 Å². The van der Waals surface area contributed by atoms with Crippen molar-refractivity contribution >= 4 is 5.69 Å². The van der Waals surface area contributed by atoms with E-state index in [1.165, 1.54) is 44.3 Å². The summed E-state index contributed by atoms with van der Waals surface area (Å²) in [5, 5.41) is 3.63. The van der Waals surface area contributed by atoms with Crippen molar-refractivity contribution in [2.24, 2.45) is 0 Å². The molecule has 0 atom stereocenters. The van der Waals surface area contributed by atoms with Gasteiger partial charge in [-0.3, -0.25) is 4.98 Å². The van der Waals surface area contributed by atoms with Gasteiger partial charge < -0.3 is 15.0 Å². The maximum atomic E-state index is 5.46. The van der Waals surface area contributed by atoms with E-state index in [0.717, 1.165) is 24.9 Å². The van der Waals surface area contributed by atoms with Gasteiger partial charge in [-0.1, -0.05) is 0 Å². The third-order valence-electron chi connectivity index (χ3n) is 4.48. The normalized spacial score (nSPS) is 22.9. The van der Waals surface area contributed by atoms with Crippen molar-refractivity contribution in [2.45, 2.75) is 44.7 Å². The molecule has 2 aliphatic heterocycles. The molecule has 3 rings (SSSR count). The average Bonchev–Trinajstić information content (AvgIpc) is 2.49. The first-order valence-corrected chi connectivity index (χ1v) is 7.81.